The summed E-state index contributed by atoms with van der Waals surface area (Å²) >= 11 is 0. The van der Waals surface area contributed by atoms with E-state index >= 15 is 0 Å². The third kappa shape index (κ3) is 2.82. The van der Waals surface area contributed by atoms with E-state index in [4.69, 9.17) is 0 Å². The van der Waals surface area contributed by atoms with Crippen molar-refractivity contribution in [1.82, 2.24) is 0 Å². The van der Waals surface area contributed by atoms with Gasteiger partial charge in [-0.1, -0.05) is 42.5 Å². The fourth-order valence-electron chi connectivity index (χ4n) is 5.14. The molecule has 2 aliphatic carbocycles. The molecule has 0 radical (unpaired) electrons. The van der Waals surface area contributed by atoms with Crippen LogP contribution in [-0.4, -0.2) is 13.9 Å². The SMILES string of the molecule is Cc1ccc(-c2ccc(OS(=O)(=O)C(F)(F)F)c3c2C2CCC3C2)c2ccccc12. The summed E-state index contributed by atoms with van der Waals surface area (Å²) < 4.78 is 66.6. The van der Waals surface area contributed by atoms with Gasteiger partial charge < -0.3 is 4.18 Å². The summed E-state index contributed by atoms with van der Waals surface area (Å²) in [5.41, 5.74) is -0.793. The standard InChI is InChI=1S/C23H19F3O3S/c1-13-6-9-18(17-5-3-2-4-16(13)17)19-10-11-20(29-30(27,28)23(24,25)26)22-15-8-7-14(12-15)21(19)22/h2-6,9-11,14-15H,7-8,12H2,1H3. The number of halogens is 3. The first kappa shape index (κ1) is 19.4. The molecule has 30 heavy (non-hydrogen) atoms. The molecule has 3 nitrogen and oxygen atoms in total. The zero-order valence-corrected chi connectivity index (χ0v) is 17.0. The molecule has 0 spiro atoms. The van der Waals surface area contributed by atoms with Gasteiger partial charge in [-0.25, -0.2) is 0 Å². The van der Waals surface area contributed by atoms with E-state index in [1.54, 1.807) is 6.07 Å². The highest BCUT2D eigenvalue weighted by atomic mass is 32.2. The maximum atomic E-state index is 12.9. The van der Waals surface area contributed by atoms with Crippen molar-refractivity contribution in [1.29, 1.82) is 0 Å². The lowest BCUT2D eigenvalue weighted by Gasteiger charge is -2.23. The van der Waals surface area contributed by atoms with Gasteiger partial charge in [0.25, 0.3) is 0 Å². The van der Waals surface area contributed by atoms with Crippen molar-refractivity contribution in [2.75, 3.05) is 0 Å². The second-order valence-corrected chi connectivity index (χ2v) is 9.64. The first-order valence-corrected chi connectivity index (χ1v) is 11.2. The Bertz CT molecular complexity index is 1280. The lowest BCUT2D eigenvalue weighted by atomic mass is 9.83. The molecule has 1 fully saturated rings. The van der Waals surface area contributed by atoms with Gasteiger partial charge in [0.2, 0.25) is 0 Å². The Morgan fingerprint density at radius 3 is 2.20 bits per heavy atom. The van der Waals surface area contributed by atoms with Gasteiger partial charge in [-0.2, -0.15) is 21.6 Å². The van der Waals surface area contributed by atoms with Crippen molar-refractivity contribution in [2.45, 2.75) is 43.5 Å². The summed E-state index contributed by atoms with van der Waals surface area (Å²) in [5.74, 6) is 0.0481. The summed E-state index contributed by atoms with van der Waals surface area (Å²) in [4.78, 5) is 0. The Balaban J connectivity index is 1.72. The van der Waals surface area contributed by atoms with Gasteiger partial charge in [0.15, 0.2) is 0 Å². The van der Waals surface area contributed by atoms with Crippen LogP contribution in [0.5, 0.6) is 5.75 Å². The highest BCUT2D eigenvalue weighted by molar-refractivity contribution is 7.88. The minimum atomic E-state index is -5.71. The van der Waals surface area contributed by atoms with E-state index in [-0.39, 0.29) is 17.6 Å². The number of rotatable bonds is 3. The van der Waals surface area contributed by atoms with Crippen LogP contribution in [-0.2, 0) is 10.1 Å². The summed E-state index contributed by atoms with van der Waals surface area (Å²) in [5, 5.41) is 2.19. The summed E-state index contributed by atoms with van der Waals surface area (Å²) in [6, 6.07) is 15.2. The Labute approximate surface area is 172 Å². The van der Waals surface area contributed by atoms with Crippen molar-refractivity contribution in [3.05, 3.63) is 65.2 Å². The Morgan fingerprint density at radius 1 is 0.867 bits per heavy atom. The first-order valence-electron chi connectivity index (χ1n) is 9.83. The van der Waals surface area contributed by atoms with Gasteiger partial charge in [-0.15, -0.1) is 0 Å². The minimum Gasteiger partial charge on any atom is -0.376 e. The van der Waals surface area contributed by atoms with E-state index in [2.05, 4.69) is 4.18 Å². The van der Waals surface area contributed by atoms with E-state index in [0.29, 0.717) is 5.56 Å². The van der Waals surface area contributed by atoms with Crippen molar-refractivity contribution >= 4 is 20.9 Å². The molecule has 0 saturated heterocycles. The molecule has 3 aromatic rings. The molecule has 1 saturated carbocycles. The smallest absolute Gasteiger partial charge is 0.376 e. The first-order chi connectivity index (χ1) is 14.2. The predicted molar refractivity (Wildman–Crippen MR) is 109 cm³/mol. The van der Waals surface area contributed by atoms with Crippen molar-refractivity contribution < 1.29 is 25.8 Å². The third-order valence-electron chi connectivity index (χ3n) is 6.41. The lowest BCUT2D eigenvalue weighted by molar-refractivity contribution is -0.0500. The Morgan fingerprint density at radius 2 is 1.50 bits per heavy atom. The highest BCUT2D eigenvalue weighted by Crippen LogP contribution is 2.59. The highest BCUT2D eigenvalue weighted by Gasteiger charge is 2.50. The molecular formula is C23H19F3O3S. The molecule has 0 aromatic heterocycles. The summed E-state index contributed by atoms with van der Waals surface area (Å²) in [6.07, 6.45) is 2.60. The lowest BCUT2D eigenvalue weighted by Crippen LogP contribution is -2.28. The van der Waals surface area contributed by atoms with Crippen molar-refractivity contribution in [3.8, 4) is 16.9 Å². The molecule has 0 heterocycles. The maximum Gasteiger partial charge on any atom is 0.534 e. The van der Waals surface area contributed by atoms with Gasteiger partial charge in [-0.3, -0.25) is 0 Å². The molecule has 156 valence electrons. The molecule has 7 heteroatoms. The molecule has 0 amide bonds. The Hall–Kier alpha value is -2.54. The van der Waals surface area contributed by atoms with E-state index < -0.39 is 15.6 Å². The normalized spacial score (nSPS) is 20.5. The van der Waals surface area contributed by atoms with Crippen molar-refractivity contribution in [3.63, 3.8) is 0 Å². The van der Waals surface area contributed by atoms with E-state index in [0.717, 1.165) is 52.3 Å². The fourth-order valence-corrected chi connectivity index (χ4v) is 5.62. The molecule has 2 bridgehead atoms. The van der Waals surface area contributed by atoms with Crippen LogP contribution in [0.4, 0.5) is 13.2 Å². The fraction of sp³-hybridized carbons (Fsp3) is 0.304. The average molecular weight is 432 g/mol. The van der Waals surface area contributed by atoms with Crippen LogP contribution in [0.3, 0.4) is 0 Å². The third-order valence-corrected chi connectivity index (χ3v) is 7.38. The monoisotopic (exact) mass is 432 g/mol. The molecular weight excluding hydrogens is 413 g/mol. The maximum absolute atomic E-state index is 12.9. The largest absolute Gasteiger partial charge is 0.534 e. The molecule has 0 aliphatic heterocycles. The predicted octanol–water partition coefficient (Wildman–Crippen LogP) is 6.41. The molecule has 3 aromatic carbocycles. The number of hydrogen-bond acceptors (Lipinski definition) is 3. The zero-order valence-electron chi connectivity index (χ0n) is 16.2. The van der Waals surface area contributed by atoms with Crippen molar-refractivity contribution in [2.24, 2.45) is 0 Å². The molecule has 5 rings (SSSR count). The molecule has 2 unspecified atom stereocenters. The van der Waals surface area contributed by atoms with Gasteiger partial charge in [0.1, 0.15) is 5.75 Å². The molecule has 2 aliphatic rings. The van der Waals surface area contributed by atoms with Gasteiger partial charge in [0, 0.05) is 5.56 Å². The second kappa shape index (κ2) is 6.48. The molecule has 0 N–H and O–H groups in total. The number of aryl methyl sites for hydroxylation is 1. The van der Waals surface area contributed by atoms with E-state index in [1.807, 2.05) is 43.3 Å². The summed E-state index contributed by atoms with van der Waals surface area (Å²) in [7, 11) is -5.71. The van der Waals surface area contributed by atoms with Crippen LogP contribution >= 0.6 is 0 Å². The van der Waals surface area contributed by atoms with Crippen LogP contribution in [0, 0.1) is 6.92 Å². The number of alkyl halides is 3. The number of benzene rings is 3. The van der Waals surface area contributed by atoms with Gasteiger partial charge in [-0.05, 0) is 77.1 Å². The van der Waals surface area contributed by atoms with E-state index in [1.165, 1.54) is 6.07 Å². The van der Waals surface area contributed by atoms with Gasteiger partial charge >= 0.3 is 15.6 Å². The van der Waals surface area contributed by atoms with Crippen LogP contribution < -0.4 is 4.18 Å². The van der Waals surface area contributed by atoms with Crippen LogP contribution in [0.25, 0.3) is 21.9 Å². The topological polar surface area (TPSA) is 43.4 Å². The molecule has 2 atom stereocenters. The quantitative estimate of drug-likeness (QED) is 0.355. The Kier molecular flexibility index (Phi) is 4.19. The van der Waals surface area contributed by atoms with Crippen LogP contribution in [0.2, 0.25) is 0 Å². The summed E-state index contributed by atoms with van der Waals surface area (Å²) in [6.45, 7) is 2.04. The van der Waals surface area contributed by atoms with E-state index in [9.17, 15) is 21.6 Å². The number of hydrogen-bond donors (Lipinski definition) is 0. The van der Waals surface area contributed by atoms with Gasteiger partial charge in [0.05, 0.1) is 0 Å². The number of fused-ring (bicyclic) bond motifs is 6. The van der Waals surface area contributed by atoms with Crippen LogP contribution in [0.1, 0.15) is 47.8 Å². The zero-order chi connectivity index (χ0) is 21.3. The second-order valence-electron chi connectivity index (χ2n) is 8.10. The van der Waals surface area contributed by atoms with Crippen LogP contribution in [0.15, 0.2) is 48.5 Å². The minimum absolute atomic E-state index is 0.0279. The average Bonchev–Trinajstić information content (AvgIpc) is 3.31.